The number of hydrogen-bond donors (Lipinski definition) is 1. The van der Waals surface area contributed by atoms with Gasteiger partial charge < -0.3 is 14.8 Å². The highest BCUT2D eigenvalue weighted by Gasteiger charge is 2.19. The fourth-order valence-corrected chi connectivity index (χ4v) is 4.90. The summed E-state index contributed by atoms with van der Waals surface area (Å²) in [6.07, 6.45) is 1.22. The van der Waals surface area contributed by atoms with Crippen LogP contribution in [0.25, 0.3) is 22.0 Å². The van der Waals surface area contributed by atoms with E-state index in [0.717, 1.165) is 45.8 Å². The van der Waals surface area contributed by atoms with Gasteiger partial charge in [0.15, 0.2) is 5.82 Å². The minimum Gasteiger partial charge on any atom is -0.488 e. The Labute approximate surface area is 220 Å². The number of rotatable bonds is 12. The van der Waals surface area contributed by atoms with Crippen LogP contribution < -0.4 is 10.1 Å². The van der Waals surface area contributed by atoms with Crippen molar-refractivity contribution in [3.05, 3.63) is 78.4 Å². The molecule has 0 aliphatic rings. The van der Waals surface area contributed by atoms with Crippen LogP contribution in [0.4, 0.5) is 5.82 Å². The number of benzene rings is 3. The van der Waals surface area contributed by atoms with Gasteiger partial charge in [0.2, 0.25) is 5.91 Å². The number of nitrogens with one attached hydrogen (secondary N) is 1. The van der Waals surface area contributed by atoms with Crippen LogP contribution >= 0.6 is 0 Å². The maximum absolute atomic E-state index is 12.6. The Morgan fingerprint density at radius 2 is 1.68 bits per heavy atom. The Morgan fingerprint density at radius 3 is 2.43 bits per heavy atom. The number of anilines is 1. The first-order valence-electron chi connectivity index (χ1n) is 13.0. The lowest BCUT2D eigenvalue weighted by atomic mass is 10.00. The summed E-state index contributed by atoms with van der Waals surface area (Å²) in [6.45, 7) is 10.5. The molecule has 0 saturated carbocycles. The predicted octanol–water partition coefficient (Wildman–Crippen LogP) is 7.33. The molecule has 7 heteroatoms. The molecule has 1 N–H and O–H groups in total. The van der Waals surface area contributed by atoms with E-state index in [4.69, 9.17) is 14.6 Å². The van der Waals surface area contributed by atoms with Crippen molar-refractivity contribution in [2.75, 3.05) is 11.9 Å². The van der Waals surface area contributed by atoms with Crippen LogP contribution in [-0.4, -0.2) is 30.4 Å². The van der Waals surface area contributed by atoms with Gasteiger partial charge in [-0.15, -0.1) is 0 Å². The number of amides is 1. The fraction of sp³-hybridized carbons (Fsp3) is 0.333. The largest absolute Gasteiger partial charge is 0.488 e. The van der Waals surface area contributed by atoms with E-state index in [2.05, 4.69) is 49.2 Å². The van der Waals surface area contributed by atoms with Crippen molar-refractivity contribution in [2.45, 2.75) is 58.8 Å². The average Bonchev–Trinajstić information content (AvgIpc) is 3.23. The zero-order valence-corrected chi connectivity index (χ0v) is 23.3. The Bertz CT molecular complexity index is 1330. The van der Waals surface area contributed by atoms with Crippen LogP contribution in [0, 0.1) is 0 Å². The predicted molar refractivity (Wildman–Crippen MR) is 154 cm³/mol. The van der Waals surface area contributed by atoms with Crippen molar-refractivity contribution in [1.82, 2.24) is 9.78 Å². The lowest BCUT2D eigenvalue weighted by Gasteiger charge is -2.15. The minimum absolute atomic E-state index is 0.0443. The van der Waals surface area contributed by atoms with Crippen molar-refractivity contribution >= 4 is 30.7 Å². The molecule has 4 rings (SSSR count). The van der Waals surface area contributed by atoms with E-state index >= 15 is 0 Å². The molecular formula is C30H37N3O3Si. The summed E-state index contributed by atoms with van der Waals surface area (Å²) in [4.78, 5) is 12.6. The third-order valence-electron chi connectivity index (χ3n) is 6.14. The SMILES string of the molecule is CCCC(=O)Nc1nn(COCC[Si](C)(C)C)c2cccc(-c3ccccc3OCc3ccccc3)c12. The minimum atomic E-state index is -1.19. The van der Waals surface area contributed by atoms with Crippen molar-refractivity contribution in [3.8, 4) is 16.9 Å². The van der Waals surface area contributed by atoms with Gasteiger partial charge in [0.1, 0.15) is 19.1 Å². The zero-order chi connectivity index (χ0) is 26.3. The van der Waals surface area contributed by atoms with E-state index in [9.17, 15) is 4.79 Å². The van der Waals surface area contributed by atoms with Gasteiger partial charge in [0, 0.05) is 26.7 Å². The molecule has 1 amide bonds. The van der Waals surface area contributed by atoms with Gasteiger partial charge >= 0.3 is 0 Å². The summed E-state index contributed by atoms with van der Waals surface area (Å²) >= 11 is 0. The molecule has 0 spiro atoms. The van der Waals surface area contributed by atoms with Crippen LogP contribution in [-0.2, 0) is 22.9 Å². The monoisotopic (exact) mass is 515 g/mol. The quantitative estimate of drug-likeness (QED) is 0.158. The van der Waals surface area contributed by atoms with E-state index in [0.29, 0.717) is 32.2 Å². The molecule has 0 aliphatic heterocycles. The van der Waals surface area contributed by atoms with Crippen molar-refractivity contribution in [1.29, 1.82) is 0 Å². The first-order valence-corrected chi connectivity index (χ1v) is 16.7. The molecular weight excluding hydrogens is 478 g/mol. The first kappa shape index (κ1) is 26.6. The molecule has 0 unspecified atom stereocenters. The van der Waals surface area contributed by atoms with E-state index < -0.39 is 8.07 Å². The van der Waals surface area contributed by atoms with Crippen molar-refractivity contribution in [3.63, 3.8) is 0 Å². The second-order valence-electron chi connectivity index (χ2n) is 10.5. The molecule has 0 aliphatic carbocycles. The first-order chi connectivity index (χ1) is 17.9. The number of carbonyl (C=O) groups excluding carboxylic acids is 1. The van der Waals surface area contributed by atoms with Crippen LogP contribution in [0.2, 0.25) is 25.7 Å². The van der Waals surface area contributed by atoms with Gasteiger partial charge in [-0.25, -0.2) is 4.68 Å². The van der Waals surface area contributed by atoms with Crippen LogP contribution in [0.3, 0.4) is 0 Å². The zero-order valence-electron chi connectivity index (χ0n) is 22.3. The van der Waals surface area contributed by atoms with E-state index in [1.54, 1.807) is 0 Å². The lowest BCUT2D eigenvalue weighted by Crippen LogP contribution is -2.22. The topological polar surface area (TPSA) is 65.4 Å². The molecule has 4 aromatic rings. The van der Waals surface area contributed by atoms with Gasteiger partial charge in [-0.05, 0) is 35.7 Å². The summed E-state index contributed by atoms with van der Waals surface area (Å²) in [5.41, 5.74) is 3.93. The van der Waals surface area contributed by atoms with Crippen molar-refractivity contribution in [2.24, 2.45) is 0 Å². The molecule has 194 valence electrons. The smallest absolute Gasteiger partial charge is 0.225 e. The summed E-state index contributed by atoms with van der Waals surface area (Å²) in [5.74, 6) is 1.29. The Hall–Kier alpha value is -3.42. The molecule has 0 bridgehead atoms. The summed E-state index contributed by atoms with van der Waals surface area (Å²) in [5, 5.41) is 8.72. The number of hydrogen-bond acceptors (Lipinski definition) is 4. The molecule has 3 aromatic carbocycles. The molecule has 0 atom stereocenters. The van der Waals surface area contributed by atoms with E-state index in [1.165, 1.54) is 0 Å². The highest BCUT2D eigenvalue weighted by atomic mass is 28.3. The number of fused-ring (bicyclic) bond motifs is 1. The maximum atomic E-state index is 12.6. The van der Waals surface area contributed by atoms with Crippen molar-refractivity contribution < 1.29 is 14.3 Å². The maximum Gasteiger partial charge on any atom is 0.225 e. The number of ether oxygens (including phenoxy) is 2. The molecule has 37 heavy (non-hydrogen) atoms. The molecule has 6 nitrogen and oxygen atoms in total. The number of para-hydroxylation sites is 1. The Balaban J connectivity index is 1.70. The number of nitrogens with zero attached hydrogens (tertiary/aromatic N) is 2. The van der Waals surface area contributed by atoms with Crippen LogP contribution in [0.15, 0.2) is 72.8 Å². The highest BCUT2D eigenvalue weighted by Crippen LogP contribution is 2.38. The number of aromatic nitrogens is 2. The van der Waals surface area contributed by atoms with Crippen LogP contribution in [0.5, 0.6) is 5.75 Å². The van der Waals surface area contributed by atoms with Crippen LogP contribution in [0.1, 0.15) is 25.3 Å². The summed E-state index contributed by atoms with van der Waals surface area (Å²) in [7, 11) is -1.19. The summed E-state index contributed by atoms with van der Waals surface area (Å²) in [6, 6.07) is 25.3. The molecule has 0 radical (unpaired) electrons. The average molecular weight is 516 g/mol. The van der Waals surface area contributed by atoms with Gasteiger partial charge in [0.25, 0.3) is 0 Å². The normalized spacial score (nSPS) is 11.6. The van der Waals surface area contributed by atoms with Gasteiger partial charge in [0.05, 0.1) is 10.9 Å². The van der Waals surface area contributed by atoms with E-state index in [1.807, 2.05) is 60.1 Å². The third kappa shape index (κ3) is 7.08. The third-order valence-corrected chi connectivity index (χ3v) is 7.84. The number of carbonyl (C=O) groups is 1. The molecule has 0 saturated heterocycles. The standard InChI is InChI=1S/C30H37N3O3Si/c1-5-12-28(34)31-30-29-25(16-11-17-26(29)33(32-30)22-35-19-20-37(2,3)4)24-15-9-10-18-27(24)36-21-23-13-7-6-8-14-23/h6-11,13-18H,5,12,19-22H2,1-4H3,(H,31,32,34). The molecule has 0 fully saturated rings. The Morgan fingerprint density at radius 1 is 0.946 bits per heavy atom. The molecule has 1 heterocycles. The van der Waals surface area contributed by atoms with Gasteiger partial charge in [-0.1, -0.05) is 87.2 Å². The van der Waals surface area contributed by atoms with E-state index in [-0.39, 0.29) is 5.91 Å². The second-order valence-corrected chi connectivity index (χ2v) is 16.1. The molecule has 1 aromatic heterocycles. The Kier molecular flexibility index (Phi) is 8.79. The highest BCUT2D eigenvalue weighted by molar-refractivity contribution is 6.76. The van der Waals surface area contributed by atoms with Gasteiger partial charge in [-0.3, -0.25) is 4.79 Å². The van der Waals surface area contributed by atoms with Gasteiger partial charge in [-0.2, -0.15) is 5.10 Å². The summed E-state index contributed by atoms with van der Waals surface area (Å²) < 4.78 is 14.1. The fourth-order valence-electron chi connectivity index (χ4n) is 4.14. The second kappa shape index (κ2) is 12.2. The lowest BCUT2D eigenvalue weighted by molar-refractivity contribution is -0.116.